The first-order chi connectivity index (χ1) is 12.1. The van der Waals surface area contributed by atoms with Gasteiger partial charge in [0, 0.05) is 0 Å². The maximum absolute atomic E-state index is 12.7. The predicted molar refractivity (Wildman–Crippen MR) is 101 cm³/mol. The first-order valence-electron chi connectivity index (χ1n) is 8.56. The summed E-state index contributed by atoms with van der Waals surface area (Å²) in [7, 11) is 0. The molecule has 2 unspecified atom stereocenters. The Bertz CT molecular complexity index is 1090. The van der Waals surface area contributed by atoms with Crippen LogP contribution in [-0.2, 0) is 21.7 Å². The molecule has 3 aromatic carbocycles. The van der Waals surface area contributed by atoms with Gasteiger partial charge in [0.2, 0.25) is 11.1 Å². The van der Waals surface area contributed by atoms with Crippen LogP contribution in [0.2, 0.25) is 0 Å². The number of aryl methyl sites for hydroxylation is 2. The van der Waals surface area contributed by atoms with Gasteiger partial charge in [-0.1, -0.05) is 42.5 Å². The van der Waals surface area contributed by atoms with Crippen LogP contribution in [0.1, 0.15) is 33.7 Å². The van der Waals surface area contributed by atoms with Crippen LogP contribution >= 0.6 is 0 Å². The van der Waals surface area contributed by atoms with Crippen molar-refractivity contribution in [3.05, 3.63) is 88.2 Å². The lowest BCUT2D eigenvalue weighted by Gasteiger charge is -2.33. The lowest BCUT2D eigenvalue weighted by molar-refractivity contribution is 0.405. The van der Waals surface area contributed by atoms with Gasteiger partial charge in [-0.2, -0.15) is 0 Å². The molecule has 0 bridgehead atoms. The molecule has 0 fully saturated rings. The van der Waals surface area contributed by atoms with Crippen LogP contribution < -0.4 is 0 Å². The minimum absolute atomic E-state index is 0.0295. The highest BCUT2D eigenvalue weighted by molar-refractivity contribution is 7.80. The molecule has 124 valence electrons. The van der Waals surface area contributed by atoms with E-state index in [-0.39, 0.29) is 5.92 Å². The summed E-state index contributed by atoms with van der Waals surface area (Å²) in [5, 5.41) is 2.40. The van der Waals surface area contributed by atoms with Crippen molar-refractivity contribution < 1.29 is 8.39 Å². The lowest BCUT2D eigenvalue weighted by Crippen LogP contribution is -2.22. The van der Waals surface area contributed by atoms with Crippen LogP contribution in [0.25, 0.3) is 10.8 Å². The van der Waals surface area contributed by atoms with Gasteiger partial charge in [-0.25, -0.2) is 4.21 Å². The number of hydrogen-bond donors (Lipinski definition) is 0. The van der Waals surface area contributed by atoms with Crippen LogP contribution in [-0.4, -0.2) is 4.21 Å². The van der Waals surface area contributed by atoms with Crippen molar-refractivity contribution in [2.24, 2.45) is 0 Å². The second kappa shape index (κ2) is 5.30. The summed E-state index contributed by atoms with van der Waals surface area (Å²) in [5.41, 5.74) is 6.33. The number of fused-ring (bicyclic) bond motifs is 7. The first kappa shape index (κ1) is 14.9. The Hall–Kier alpha value is -2.39. The van der Waals surface area contributed by atoms with E-state index in [0.717, 1.165) is 22.6 Å². The molecule has 0 spiro atoms. The molecule has 2 aliphatic rings. The Balaban J connectivity index is 1.90. The molecule has 0 amide bonds. The normalized spacial score (nSPS) is 21.0. The Morgan fingerprint density at radius 2 is 1.76 bits per heavy atom. The Kier molecular flexibility index (Phi) is 3.16. The zero-order chi connectivity index (χ0) is 17.1. The van der Waals surface area contributed by atoms with Crippen molar-refractivity contribution >= 4 is 21.9 Å². The number of hydrogen-bond acceptors (Lipinski definition) is 2. The van der Waals surface area contributed by atoms with Gasteiger partial charge in [0.05, 0.1) is 10.8 Å². The van der Waals surface area contributed by atoms with E-state index in [4.69, 9.17) is 4.18 Å². The molecule has 1 heterocycles. The predicted octanol–water partition coefficient (Wildman–Crippen LogP) is 5.08. The van der Waals surface area contributed by atoms with Crippen LogP contribution in [0.5, 0.6) is 0 Å². The van der Waals surface area contributed by atoms with Gasteiger partial charge in [-0.15, -0.1) is 0 Å². The molecule has 5 rings (SSSR count). The van der Waals surface area contributed by atoms with Gasteiger partial charge < -0.3 is 4.18 Å². The Morgan fingerprint density at radius 3 is 2.64 bits per heavy atom. The molecular weight excluding hydrogens is 328 g/mol. The highest BCUT2D eigenvalue weighted by Crippen LogP contribution is 2.48. The third kappa shape index (κ3) is 2.05. The van der Waals surface area contributed by atoms with Crippen LogP contribution in [0.3, 0.4) is 0 Å². The quantitative estimate of drug-likeness (QED) is 0.567. The van der Waals surface area contributed by atoms with Crippen LogP contribution in [0.4, 0.5) is 0 Å². The molecular formula is C22H18O2S. The standard InChI is InChI=1S/C22H18O2S/c1-13-5-3-7-17-15(13)9-11-19-21(17)22-18-8-4-6-14(2)16(18)10-12-20(22)25(23)24-19/h3-8,10-12,21H,9H2,1-2H3. The number of allylic oxidation sites excluding steroid dienone is 2. The van der Waals surface area contributed by atoms with Gasteiger partial charge in [-0.3, -0.25) is 0 Å². The zero-order valence-corrected chi connectivity index (χ0v) is 15.0. The van der Waals surface area contributed by atoms with Gasteiger partial charge in [0.25, 0.3) is 0 Å². The molecule has 0 saturated heterocycles. The molecule has 0 radical (unpaired) electrons. The summed E-state index contributed by atoms with van der Waals surface area (Å²) in [6.45, 7) is 4.29. The van der Waals surface area contributed by atoms with E-state index in [1.165, 1.54) is 33.0 Å². The second-order valence-corrected chi connectivity index (χ2v) is 7.93. The molecule has 2 atom stereocenters. The molecule has 3 heteroatoms. The summed E-state index contributed by atoms with van der Waals surface area (Å²) in [5.74, 6) is 0.861. The fraction of sp³-hybridized carbons (Fsp3) is 0.182. The van der Waals surface area contributed by atoms with Gasteiger partial charge >= 0.3 is 0 Å². The Morgan fingerprint density at radius 1 is 0.960 bits per heavy atom. The summed E-state index contributed by atoms with van der Waals surface area (Å²) in [6.07, 6.45) is 2.94. The highest BCUT2D eigenvalue weighted by atomic mass is 32.2. The Labute approximate surface area is 149 Å². The van der Waals surface area contributed by atoms with Crippen molar-refractivity contribution in [2.75, 3.05) is 0 Å². The SMILES string of the molecule is Cc1cccc2c1CC=C1OS(=O)c3ccc4c(C)cccc4c3C12. The van der Waals surface area contributed by atoms with Gasteiger partial charge in [-0.05, 0) is 71.0 Å². The molecule has 0 N–H and O–H groups in total. The van der Waals surface area contributed by atoms with Crippen molar-refractivity contribution in [1.82, 2.24) is 0 Å². The average Bonchev–Trinajstić information content (AvgIpc) is 2.61. The summed E-state index contributed by atoms with van der Waals surface area (Å²) >= 11 is -1.45. The maximum atomic E-state index is 12.7. The van der Waals surface area contributed by atoms with E-state index in [0.29, 0.717) is 0 Å². The highest BCUT2D eigenvalue weighted by Gasteiger charge is 2.36. The smallest absolute Gasteiger partial charge is 0.240 e. The van der Waals surface area contributed by atoms with Crippen LogP contribution in [0, 0.1) is 13.8 Å². The minimum atomic E-state index is -1.45. The first-order valence-corrected chi connectivity index (χ1v) is 9.63. The fourth-order valence-electron chi connectivity index (χ4n) is 4.22. The third-order valence-corrected chi connectivity index (χ3v) is 6.53. The second-order valence-electron chi connectivity index (χ2n) is 6.85. The molecule has 25 heavy (non-hydrogen) atoms. The van der Waals surface area contributed by atoms with Crippen molar-refractivity contribution in [3.63, 3.8) is 0 Å². The minimum Gasteiger partial charge on any atom is -0.401 e. The summed E-state index contributed by atoms with van der Waals surface area (Å²) in [4.78, 5) is 0.801. The van der Waals surface area contributed by atoms with Crippen LogP contribution in [0.15, 0.2) is 65.3 Å². The number of rotatable bonds is 0. The van der Waals surface area contributed by atoms with Gasteiger partial charge in [0.15, 0.2) is 0 Å². The van der Waals surface area contributed by atoms with Gasteiger partial charge in [0.1, 0.15) is 5.76 Å². The topological polar surface area (TPSA) is 26.3 Å². The van der Waals surface area contributed by atoms with Crippen molar-refractivity contribution in [2.45, 2.75) is 31.1 Å². The molecule has 0 aromatic heterocycles. The largest absolute Gasteiger partial charge is 0.401 e. The van der Waals surface area contributed by atoms with E-state index in [1.807, 2.05) is 6.07 Å². The molecule has 0 saturated carbocycles. The lowest BCUT2D eigenvalue weighted by atomic mass is 9.78. The zero-order valence-electron chi connectivity index (χ0n) is 14.2. The van der Waals surface area contributed by atoms with E-state index in [9.17, 15) is 4.21 Å². The molecule has 2 nitrogen and oxygen atoms in total. The van der Waals surface area contributed by atoms with Crippen molar-refractivity contribution in [1.29, 1.82) is 0 Å². The van der Waals surface area contributed by atoms with E-state index >= 15 is 0 Å². The molecule has 1 aliphatic heterocycles. The van der Waals surface area contributed by atoms with E-state index in [1.54, 1.807) is 0 Å². The van der Waals surface area contributed by atoms with E-state index in [2.05, 4.69) is 62.4 Å². The summed E-state index contributed by atoms with van der Waals surface area (Å²) < 4.78 is 18.5. The monoisotopic (exact) mass is 346 g/mol. The third-order valence-electron chi connectivity index (χ3n) is 5.47. The number of benzene rings is 3. The van der Waals surface area contributed by atoms with Crippen molar-refractivity contribution in [3.8, 4) is 0 Å². The maximum Gasteiger partial charge on any atom is 0.240 e. The fourth-order valence-corrected chi connectivity index (χ4v) is 5.24. The average molecular weight is 346 g/mol. The molecule has 1 aliphatic carbocycles. The van der Waals surface area contributed by atoms with E-state index < -0.39 is 11.1 Å². The summed E-state index contributed by atoms with van der Waals surface area (Å²) in [6, 6.07) is 16.9. The molecule has 3 aromatic rings.